The molecule has 3 N–H and O–H groups in total. The lowest BCUT2D eigenvalue weighted by Gasteiger charge is -2.48. The van der Waals surface area contributed by atoms with E-state index in [1.807, 2.05) is 73.7 Å². The number of methoxy groups -OCH3 is 1. The predicted molar refractivity (Wildman–Crippen MR) is 333 cm³/mol. The molecule has 3 aromatic carbocycles. The van der Waals surface area contributed by atoms with Crippen LogP contribution < -0.4 is 0 Å². The summed E-state index contributed by atoms with van der Waals surface area (Å²) in [6.07, 6.45) is -19.5. The fraction of sp³-hybridized carbons (Fsp3) is 0.695. The van der Waals surface area contributed by atoms with Gasteiger partial charge in [-0.2, -0.15) is 25.3 Å². The van der Waals surface area contributed by atoms with Gasteiger partial charge in [0.1, 0.15) is 30.5 Å². The van der Waals surface area contributed by atoms with Gasteiger partial charge in [0.05, 0.1) is 114 Å². The van der Waals surface area contributed by atoms with E-state index in [0.29, 0.717) is 6.61 Å². The van der Waals surface area contributed by atoms with E-state index in [-0.39, 0.29) is 64.3 Å². The highest BCUT2D eigenvalue weighted by Gasteiger charge is 2.53. The van der Waals surface area contributed by atoms with Crippen LogP contribution in [0.2, 0.25) is 0 Å². The Balaban J connectivity index is 0.929. The molecule has 0 radical (unpaired) electrons. The second-order valence-electron chi connectivity index (χ2n) is 24.3. The quantitative estimate of drug-likeness (QED) is 0.0251. The zero-order valence-electron chi connectivity index (χ0n) is 53.9. The number of hydrogen-bond donors (Lipinski definition) is 3. The van der Waals surface area contributed by atoms with Gasteiger partial charge in [0, 0.05) is 47.0 Å². The molecular weight excluding hydrogens is 1360 g/mol. The van der Waals surface area contributed by atoms with Crippen LogP contribution in [0.1, 0.15) is 63.6 Å². The van der Waals surface area contributed by atoms with Crippen LogP contribution in [-0.4, -0.2) is 209 Å². The average Bonchev–Trinajstić information content (AvgIpc) is 0.792. The summed E-state index contributed by atoms with van der Waals surface area (Å²) >= 11 is 0. The highest BCUT2D eigenvalue weighted by Crippen LogP contribution is 2.41. The van der Waals surface area contributed by atoms with Crippen LogP contribution >= 0.6 is 0 Å². The summed E-state index contributed by atoms with van der Waals surface area (Å²) in [7, 11) is -13.9. The Morgan fingerprint density at radius 1 is 0.439 bits per heavy atom. The Labute approximate surface area is 565 Å². The van der Waals surface area contributed by atoms with Crippen LogP contribution in [-0.2, 0) is 135 Å². The van der Waals surface area contributed by atoms with Crippen LogP contribution in [0, 0.1) is 23.7 Å². The first-order valence-electron chi connectivity index (χ1n) is 31.5. The van der Waals surface area contributed by atoms with Crippen molar-refractivity contribution in [1.29, 1.82) is 0 Å². The molecule has 98 heavy (non-hydrogen) atoms. The van der Waals surface area contributed by atoms with Gasteiger partial charge in [-0.15, -0.1) is 0 Å². The van der Waals surface area contributed by atoms with E-state index < -0.39 is 186 Å². The van der Waals surface area contributed by atoms with Crippen molar-refractivity contribution in [2.75, 3.05) is 46.8 Å². The third-order valence-corrected chi connectivity index (χ3v) is 18.9. The van der Waals surface area contributed by atoms with Gasteiger partial charge >= 0.3 is 31.2 Å². The lowest BCUT2D eigenvalue weighted by Crippen LogP contribution is -2.60. The third-order valence-electron chi connectivity index (χ3n) is 17.6. The van der Waals surface area contributed by atoms with E-state index in [4.69, 9.17) is 83.6 Å². The Morgan fingerprint density at radius 2 is 0.745 bits per heavy atom. The fourth-order valence-corrected chi connectivity index (χ4v) is 13.4. The molecule has 6 aliphatic rings. The minimum atomic E-state index is -5.16. The predicted octanol–water partition coefficient (Wildman–Crippen LogP) is 6.77. The molecule has 6 fully saturated rings. The summed E-state index contributed by atoms with van der Waals surface area (Å²) in [6.45, 7) is 4.38. The van der Waals surface area contributed by atoms with Crippen molar-refractivity contribution in [2.45, 2.75) is 190 Å². The highest BCUT2D eigenvalue weighted by atomic mass is 32.3. The van der Waals surface area contributed by atoms with E-state index in [1.54, 1.807) is 45.0 Å². The smallest absolute Gasteiger partial charge is 0.373 e. The van der Waals surface area contributed by atoms with Gasteiger partial charge in [-0.3, -0.25) is 13.7 Å². The molecule has 0 spiro atoms. The maximum atomic E-state index is 12.3. The standard InChI is InChI=1S/C59H81N9O27S3/c1-33-24-82-48(21-40(33)79-25-37-15-9-6-10-16-37)93-55-35(3)52(64-67-61)58(91-46(55)31-86-97(72,73)74)88-44-29-84-50(23-42(44)81-27-39-19-13-8-14-20-39)95-56-36(4)53(65-68-62)59(92-47(56)32-87-98(75,76)77)89-43-28-83-49(22-41(43)80-26-38-17-11-7-12-18-38)94-54-34(2)51(63-66-60)57(78-5)90-45(54)30-85-96(69,70)71/h6-20,33-36,40-59H,21-32H2,1-5H3,(H,69,70,71)(H,72,73,74)(H,75,76,77)/t33-,34-,35-,36-,40+,41+,42+,43-,44-,45?,46?,47?,48+,49+,50+,51?,52?,53?,54+,55+,56+,57+,58-,59+/m1/s1. The Kier molecular flexibility index (Phi) is 28.2. The molecule has 6 aliphatic heterocycles. The number of benzene rings is 3. The van der Waals surface area contributed by atoms with Crippen LogP contribution in [0.15, 0.2) is 106 Å². The van der Waals surface area contributed by atoms with E-state index in [9.17, 15) is 55.5 Å². The maximum absolute atomic E-state index is 12.3. The Hall–Kier alpha value is -5.40. The summed E-state index contributed by atoms with van der Waals surface area (Å²) in [5, 5.41) is 12.0. The molecule has 0 amide bonds. The van der Waals surface area contributed by atoms with Gasteiger partial charge in [-0.05, 0) is 51.0 Å². The molecule has 9 rings (SSSR count). The summed E-state index contributed by atoms with van der Waals surface area (Å²) in [6, 6.07) is 24.2. The van der Waals surface area contributed by atoms with Crippen molar-refractivity contribution >= 4 is 31.2 Å². The highest BCUT2D eigenvalue weighted by molar-refractivity contribution is 7.81. The number of hydrogen-bond acceptors (Lipinski definition) is 27. The average molecular weight is 1440 g/mol. The summed E-state index contributed by atoms with van der Waals surface area (Å²) in [5.41, 5.74) is 32.0. The molecule has 24 atom stereocenters. The second-order valence-corrected chi connectivity index (χ2v) is 27.6. The minimum absolute atomic E-state index is 0.00346. The molecule has 0 aromatic heterocycles. The number of rotatable bonds is 32. The molecular formula is C59H81N9O27S3. The number of nitrogens with zero attached hydrogens (tertiary/aromatic N) is 9. The monoisotopic (exact) mass is 1440 g/mol. The Morgan fingerprint density at radius 3 is 1.07 bits per heavy atom. The van der Waals surface area contributed by atoms with E-state index in [2.05, 4.69) is 30.1 Å². The van der Waals surface area contributed by atoms with Crippen LogP contribution in [0.3, 0.4) is 0 Å². The molecule has 6 saturated heterocycles. The first-order valence-corrected chi connectivity index (χ1v) is 35.5. The molecule has 3 aromatic rings. The molecule has 0 aliphatic carbocycles. The van der Waals surface area contributed by atoms with Gasteiger partial charge in [0.2, 0.25) is 0 Å². The third kappa shape index (κ3) is 22.1. The molecule has 6 unspecified atom stereocenters. The fourth-order valence-electron chi connectivity index (χ4n) is 12.5. The SMILES string of the molecule is CO[C@H]1OC(COS(=O)(=O)O)[C@@H](O[C@H]2C[C@H](OCc3ccccc3)[C@H](O[C@H]3OC(COS(=O)(=O)O)[C@@H](O[C@H]4C[C@H](OCc5ccccc5)[C@H](O[C@@H]5OC(COS(=O)(=O)O)[C@@H](O[C@H]6C[C@H](OCc7ccccc7)[C@H](C)CO6)[C@H](C)C5N=[N+]=[N-])CO4)[C@H](C)C3N=[N+]=[N-])CO2)[C@H](C)C1N=[N+]=[N-]. The van der Waals surface area contributed by atoms with Crippen molar-refractivity contribution < 1.29 is 123 Å². The zero-order valence-corrected chi connectivity index (χ0v) is 56.3. The molecule has 542 valence electrons. The first-order chi connectivity index (χ1) is 46.9. The maximum Gasteiger partial charge on any atom is 0.397 e. The van der Waals surface area contributed by atoms with Crippen LogP contribution in [0.4, 0.5) is 0 Å². The molecule has 6 heterocycles. The van der Waals surface area contributed by atoms with Crippen molar-refractivity contribution in [2.24, 2.45) is 39.0 Å². The second kappa shape index (κ2) is 36.0. The first kappa shape index (κ1) is 76.8. The van der Waals surface area contributed by atoms with Gasteiger partial charge in [0.25, 0.3) is 0 Å². The minimum Gasteiger partial charge on any atom is -0.373 e. The van der Waals surface area contributed by atoms with Crippen LogP contribution in [0.25, 0.3) is 31.3 Å². The largest absolute Gasteiger partial charge is 0.397 e. The number of azide groups is 3. The lowest BCUT2D eigenvalue weighted by atomic mass is 9.88. The summed E-state index contributed by atoms with van der Waals surface area (Å²) in [5.74, 6) is -2.57. The van der Waals surface area contributed by atoms with Gasteiger partial charge in [-0.25, -0.2) is 12.5 Å². The zero-order chi connectivity index (χ0) is 70.2. The lowest BCUT2D eigenvalue weighted by molar-refractivity contribution is -0.343. The number of ether oxygens (including phenoxy) is 15. The molecule has 0 saturated carbocycles. The van der Waals surface area contributed by atoms with Crippen molar-refractivity contribution in [1.82, 2.24) is 0 Å². The van der Waals surface area contributed by atoms with Gasteiger partial charge in [-0.1, -0.05) is 134 Å². The van der Waals surface area contributed by atoms with E-state index in [0.717, 1.165) is 16.7 Å². The Bertz CT molecular complexity index is 3500. The molecule has 39 heteroatoms. The van der Waals surface area contributed by atoms with Crippen LogP contribution in [0.5, 0.6) is 0 Å². The summed E-state index contributed by atoms with van der Waals surface area (Å²) < 4.78 is 211. The molecule has 36 nitrogen and oxygen atoms in total. The van der Waals surface area contributed by atoms with Crippen molar-refractivity contribution in [3.8, 4) is 0 Å². The van der Waals surface area contributed by atoms with E-state index in [1.165, 1.54) is 7.11 Å². The van der Waals surface area contributed by atoms with Gasteiger partial charge < -0.3 is 71.1 Å². The normalized spacial score (nSPS) is 35.6. The van der Waals surface area contributed by atoms with Crippen molar-refractivity contribution in [3.63, 3.8) is 0 Å². The van der Waals surface area contributed by atoms with Crippen molar-refractivity contribution in [3.05, 3.63) is 139 Å². The van der Waals surface area contributed by atoms with Gasteiger partial charge in [0.15, 0.2) is 37.7 Å². The van der Waals surface area contributed by atoms with E-state index >= 15 is 0 Å². The molecule has 0 bridgehead atoms. The topological polar surface area (TPSA) is 476 Å². The summed E-state index contributed by atoms with van der Waals surface area (Å²) in [4.78, 5) is 9.12.